The molecule has 5 nitrogen and oxygen atoms in total. The van der Waals surface area contributed by atoms with Gasteiger partial charge in [-0.05, 0) is 44.0 Å². The molecule has 1 N–H and O–H groups in total. The number of ether oxygens (including phenoxy) is 1. The maximum absolute atomic E-state index is 12.3. The Morgan fingerprint density at radius 3 is 2.56 bits per heavy atom. The lowest BCUT2D eigenvalue weighted by molar-refractivity contribution is -0.122. The highest BCUT2D eigenvalue weighted by Crippen LogP contribution is 2.22. The number of anilines is 1. The number of aromatic nitrogens is 1. The Morgan fingerprint density at radius 2 is 1.84 bits per heavy atom. The van der Waals surface area contributed by atoms with E-state index in [4.69, 9.17) is 9.26 Å². The van der Waals surface area contributed by atoms with Gasteiger partial charge in [0, 0.05) is 11.6 Å². The van der Waals surface area contributed by atoms with Crippen LogP contribution in [0.3, 0.4) is 0 Å². The molecule has 3 aromatic rings. The molecule has 0 spiro atoms. The van der Waals surface area contributed by atoms with E-state index in [1.807, 2.05) is 62.4 Å². The van der Waals surface area contributed by atoms with E-state index in [2.05, 4.69) is 10.5 Å². The molecule has 1 amide bonds. The van der Waals surface area contributed by atoms with Gasteiger partial charge in [-0.1, -0.05) is 41.6 Å². The second-order valence-corrected chi connectivity index (χ2v) is 5.94. The summed E-state index contributed by atoms with van der Waals surface area (Å²) in [6.07, 6.45) is -0.660. The Kier molecular flexibility index (Phi) is 4.84. The molecule has 128 valence electrons. The predicted molar refractivity (Wildman–Crippen MR) is 96.6 cm³/mol. The van der Waals surface area contributed by atoms with Gasteiger partial charge in [0.2, 0.25) is 5.88 Å². The molecule has 0 saturated carbocycles. The van der Waals surface area contributed by atoms with Crippen LogP contribution >= 0.6 is 0 Å². The van der Waals surface area contributed by atoms with Crippen molar-refractivity contribution in [2.45, 2.75) is 26.9 Å². The first-order chi connectivity index (χ1) is 12.0. The quantitative estimate of drug-likeness (QED) is 0.751. The summed E-state index contributed by atoms with van der Waals surface area (Å²) in [7, 11) is 0. The Morgan fingerprint density at radius 1 is 1.08 bits per heavy atom. The van der Waals surface area contributed by atoms with Crippen LogP contribution in [0.5, 0.6) is 5.75 Å². The molecule has 0 unspecified atom stereocenters. The van der Waals surface area contributed by atoms with Gasteiger partial charge in [-0.2, -0.15) is 0 Å². The highest BCUT2D eigenvalue weighted by atomic mass is 16.5. The SMILES string of the molecule is Cc1ccc(O[C@H](C)C(=O)Nc2cc(-c3ccccc3)no2)cc1C. The summed E-state index contributed by atoms with van der Waals surface area (Å²) < 4.78 is 10.9. The van der Waals surface area contributed by atoms with E-state index in [9.17, 15) is 4.79 Å². The molecule has 25 heavy (non-hydrogen) atoms. The number of nitrogens with one attached hydrogen (secondary N) is 1. The largest absolute Gasteiger partial charge is 0.481 e. The maximum atomic E-state index is 12.3. The fourth-order valence-corrected chi connectivity index (χ4v) is 2.35. The van der Waals surface area contributed by atoms with Crippen molar-refractivity contribution in [2.75, 3.05) is 5.32 Å². The van der Waals surface area contributed by atoms with Crippen molar-refractivity contribution >= 4 is 11.8 Å². The van der Waals surface area contributed by atoms with Crippen LogP contribution in [-0.2, 0) is 4.79 Å². The Bertz CT molecular complexity index is 872. The molecule has 3 rings (SSSR count). The van der Waals surface area contributed by atoms with Crippen molar-refractivity contribution in [2.24, 2.45) is 0 Å². The van der Waals surface area contributed by atoms with Crippen LogP contribution in [-0.4, -0.2) is 17.2 Å². The van der Waals surface area contributed by atoms with Crippen LogP contribution < -0.4 is 10.1 Å². The molecule has 1 aromatic heterocycles. The normalized spacial score (nSPS) is 11.8. The number of carbonyl (C=O) groups excluding carboxylic acids is 1. The molecule has 0 aliphatic rings. The number of hydrogen-bond acceptors (Lipinski definition) is 4. The molecule has 2 aromatic carbocycles. The Hall–Kier alpha value is -3.08. The van der Waals surface area contributed by atoms with Crippen LogP contribution in [0.1, 0.15) is 18.1 Å². The molecule has 0 aliphatic carbocycles. The third kappa shape index (κ3) is 4.07. The average Bonchev–Trinajstić information content (AvgIpc) is 3.07. The van der Waals surface area contributed by atoms with E-state index < -0.39 is 6.10 Å². The van der Waals surface area contributed by atoms with Crippen molar-refractivity contribution in [3.05, 3.63) is 65.7 Å². The monoisotopic (exact) mass is 336 g/mol. The zero-order chi connectivity index (χ0) is 17.8. The number of hydrogen-bond donors (Lipinski definition) is 1. The highest BCUT2D eigenvalue weighted by Gasteiger charge is 2.17. The number of carbonyl (C=O) groups is 1. The lowest BCUT2D eigenvalue weighted by atomic mass is 10.1. The highest BCUT2D eigenvalue weighted by molar-refractivity contribution is 5.93. The van der Waals surface area contributed by atoms with E-state index in [0.717, 1.165) is 11.1 Å². The van der Waals surface area contributed by atoms with Crippen molar-refractivity contribution in [3.8, 4) is 17.0 Å². The second-order valence-electron chi connectivity index (χ2n) is 5.94. The van der Waals surface area contributed by atoms with Gasteiger partial charge < -0.3 is 9.26 Å². The van der Waals surface area contributed by atoms with E-state index in [1.165, 1.54) is 5.56 Å². The predicted octanol–water partition coefficient (Wildman–Crippen LogP) is 4.36. The zero-order valence-corrected chi connectivity index (χ0v) is 14.4. The fourth-order valence-electron chi connectivity index (χ4n) is 2.35. The molecular weight excluding hydrogens is 316 g/mol. The summed E-state index contributed by atoms with van der Waals surface area (Å²) in [6.45, 7) is 5.73. The summed E-state index contributed by atoms with van der Waals surface area (Å²) in [4.78, 5) is 12.3. The van der Waals surface area contributed by atoms with E-state index >= 15 is 0 Å². The van der Waals surface area contributed by atoms with Crippen LogP contribution in [0.25, 0.3) is 11.3 Å². The molecule has 0 radical (unpaired) electrons. The smallest absolute Gasteiger partial charge is 0.267 e. The summed E-state index contributed by atoms with van der Waals surface area (Å²) in [5, 5.41) is 6.66. The number of nitrogens with zero attached hydrogens (tertiary/aromatic N) is 1. The first-order valence-electron chi connectivity index (χ1n) is 8.10. The third-order valence-corrected chi connectivity index (χ3v) is 3.99. The molecule has 5 heteroatoms. The number of amides is 1. The van der Waals surface area contributed by atoms with Gasteiger partial charge in [0.1, 0.15) is 11.4 Å². The minimum Gasteiger partial charge on any atom is -0.481 e. The van der Waals surface area contributed by atoms with E-state index in [0.29, 0.717) is 17.3 Å². The summed E-state index contributed by atoms with van der Waals surface area (Å²) in [6, 6.07) is 17.0. The van der Waals surface area contributed by atoms with Crippen molar-refractivity contribution < 1.29 is 14.1 Å². The van der Waals surface area contributed by atoms with Gasteiger partial charge in [-0.15, -0.1) is 0 Å². The molecule has 0 aliphatic heterocycles. The number of benzene rings is 2. The van der Waals surface area contributed by atoms with Gasteiger partial charge in [0.05, 0.1) is 0 Å². The van der Waals surface area contributed by atoms with Crippen LogP contribution in [0, 0.1) is 13.8 Å². The molecule has 1 heterocycles. The average molecular weight is 336 g/mol. The lowest BCUT2D eigenvalue weighted by Crippen LogP contribution is -2.30. The number of rotatable bonds is 5. The van der Waals surface area contributed by atoms with E-state index in [-0.39, 0.29) is 5.91 Å². The minimum atomic E-state index is -0.660. The molecule has 1 atom stereocenters. The second kappa shape index (κ2) is 7.21. The van der Waals surface area contributed by atoms with Crippen molar-refractivity contribution in [1.82, 2.24) is 5.16 Å². The summed E-state index contributed by atoms with van der Waals surface area (Å²) in [5.41, 5.74) is 3.89. The van der Waals surface area contributed by atoms with Gasteiger partial charge in [-0.25, -0.2) is 0 Å². The Balaban J connectivity index is 1.63. The van der Waals surface area contributed by atoms with E-state index in [1.54, 1.807) is 13.0 Å². The maximum Gasteiger partial charge on any atom is 0.267 e. The van der Waals surface area contributed by atoms with Crippen molar-refractivity contribution in [3.63, 3.8) is 0 Å². The molecule has 0 bridgehead atoms. The standard InChI is InChI=1S/C20H20N2O3/c1-13-9-10-17(11-14(13)2)24-15(3)20(23)21-19-12-18(22-25-19)16-7-5-4-6-8-16/h4-12,15H,1-3H3,(H,21,23)/t15-/m1/s1. The Labute approximate surface area is 146 Å². The van der Waals surface area contributed by atoms with Gasteiger partial charge >= 0.3 is 0 Å². The van der Waals surface area contributed by atoms with Crippen LogP contribution in [0.2, 0.25) is 0 Å². The minimum absolute atomic E-state index is 0.291. The topological polar surface area (TPSA) is 64.4 Å². The molecule has 0 fully saturated rings. The molecule has 0 saturated heterocycles. The number of aryl methyl sites for hydroxylation is 2. The van der Waals surface area contributed by atoms with Crippen LogP contribution in [0.15, 0.2) is 59.1 Å². The molecular formula is C20H20N2O3. The lowest BCUT2D eigenvalue weighted by Gasteiger charge is -2.14. The van der Waals surface area contributed by atoms with Gasteiger partial charge in [0.15, 0.2) is 6.10 Å². The van der Waals surface area contributed by atoms with Crippen LogP contribution in [0.4, 0.5) is 5.88 Å². The third-order valence-electron chi connectivity index (χ3n) is 3.99. The first-order valence-corrected chi connectivity index (χ1v) is 8.10. The first kappa shape index (κ1) is 16.8. The fraction of sp³-hybridized carbons (Fsp3) is 0.200. The van der Waals surface area contributed by atoms with Gasteiger partial charge in [0.25, 0.3) is 5.91 Å². The summed E-state index contributed by atoms with van der Waals surface area (Å²) in [5.74, 6) is 0.654. The van der Waals surface area contributed by atoms with Crippen molar-refractivity contribution in [1.29, 1.82) is 0 Å². The zero-order valence-electron chi connectivity index (χ0n) is 14.4. The van der Waals surface area contributed by atoms with Gasteiger partial charge in [-0.3, -0.25) is 10.1 Å². The summed E-state index contributed by atoms with van der Waals surface area (Å²) >= 11 is 0.